The summed E-state index contributed by atoms with van der Waals surface area (Å²) < 4.78 is 10.3. The molecule has 3 heteroatoms. The van der Waals surface area contributed by atoms with Gasteiger partial charge in [0.05, 0.1) is 20.1 Å². The standard InChI is InChI=1S/C15H22O3/c1-12(2)8-9-18-11-14-7-5-4-6-13(14)10-15(16)17-3/h4-7,12H,8-11H2,1-3H3. The molecule has 3 nitrogen and oxygen atoms in total. The third-order valence-corrected chi connectivity index (χ3v) is 2.78. The summed E-state index contributed by atoms with van der Waals surface area (Å²) in [4.78, 5) is 11.3. The Kier molecular flexibility index (Phi) is 6.44. The number of hydrogen-bond acceptors (Lipinski definition) is 3. The number of methoxy groups -OCH3 is 1. The number of carbonyl (C=O) groups is 1. The van der Waals surface area contributed by atoms with E-state index in [4.69, 9.17) is 4.74 Å². The number of ether oxygens (including phenoxy) is 2. The van der Waals surface area contributed by atoms with Gasteiger partial charge in [0, 0.05) is 6.61 Å². The van der Waals surface area contributed by atoms with E-state index in [1.807, 2.05) is 24.3 Å². The average molecular weight is 250 g/mol. The second-order valence-electron chi connectivity index (χ2n) is 4.76. The van der Waals surface area contributed by atoms with E-state index in [9.17, 15) is 4.79 Å². The number of benzene rings is 1. The number of rotatable bonds is 7. The van der Waals surface area contributed by atoms with Crippen LogP contribution < -0.4 is 0 Å². The van der Waals surface area contributed by atoms with E-state index in [2.05, 4.69) is 18.6 Å². The fourth-order valence-electron chi connectivity index (χ4n) is 1.60. The predicted octanol–water partition coefficient (Wildman–Crippen LogP) is 2.96. The molecule has 0 aliphatic carbocycles. The van der Waals surface area contributed by atoms with Crippen LogP contribution in [0.1, 0.15) is 31.4 Å². The largest absolute Gasteiger partial charge is 0.469 e. The van der Waals surface area contributed by atoms with Gasteiger partial charge in [-0.3, -0.25) is 4.79 Å². The summed E-state index contributed by atoms with van der Waals surface area (Å²) >= 11 is 0. The lowest BCUT2D eigenvalue weighted by molar-refractivity contribution is -0.139. The molecule has 0 amide bonds. The van der Waals surface area contributed by atoms with E-state index in [1.165, 1.54) is 7.11 Å². The normalized spacial score (nSPS) is 10.7. The lowest BCUT2D eigenvalue weighted by Gasteiger charge is -2.10. The first-order valence-electron chi connectivity index (χ1n) is 6.34. The van der Waals surface area contributed by atoms with E-state index in [1.54, 1.807) is 0 Å². The van der Waals surface area contributed by atoms with Crippen molar-refractivity contribution in [2.24, 2.45) is 5.92 Å². The molecule has 0 atom stereocenters. The maximum absolute atomic E-state index is 11.3. The predicted molar refractivity (Wildman–Crippen MR) is 71.3 cm³/mol. The molecule has 0 saturated heterocycles. The molecule has 0 bridgehead atoms. The minimum absolute atomic E-state index is 0.218. The fraction of sp³-hybridized carbons (Fsp3) is 0.533. The molecule has 0 aliphatic heterocycles. The second kappa shape index (κ2) is 7.88. The number of carbonyl (C=O) groups excluding carboxylic acids is 1. The third kappa shape index (κ3) is 5.32. The minimum Gasteiger partial charge on any atom is -0.469 e. The summed E-state index contributed by atoms with van der Waals surface area (Å²) in [6.45, 7) is 5.66. The minimum atomic E-state index is -0.218. The average Bonchev–Trinajstić information content (AvgIpc) is 2.36. The zero-order valence-electron chi connectivity index (χ0n) is 11.4. The SMILES string of the molecule is COC(=O)Cc1ccccc1COCCC(C)C. The number of esters is 1. The monoisotopic (exact) mass is 250 g/mol. The summed E-state index contributed by atoms with van der Waals surface area (Å²) in [5, 5.41) is 0. The maximum Gasteiger partial charge on any atom is 0.309 e. The smallest absolute Gasteiger partial charge is 0.309 e. The Morgan fingerprint density at radius 2 is 1.89 bits per heavy atom. The summed E-state index contributed by atoms with van der Waals surface area (Å²) in [5.41, 5.74) is 2.04. The fourth-order valence-corrected chi connectivity index (χ4v) is 1.60. The molecule has 1 aromatic carbocycles. The first kappa shape index (κ1) is 14.7. The van der Waals surface area contributed by atoms with Crippen LogP contribution in [0.15, 0.2) is 24.3 Å². The Balaban J connectivity index is 2.51. The van der Waals surface area contributed by atoms with Crippen LogP contribution >= 0.6 is 0 Å². The van der Waals surface area contributed by atoms with Gasteiger partial charge in [-0.2, -0.15) is 0 Å². The van der Waals surface area contributed by atoms with Gasteiger partial charge in [0.15, 0.2) is 0 Å². The molecule has 0 saturated carbocycles. The Morgan fingerprint density at radius 3 is 2.50 bits per heavy atom. The molecular formula is C15H22O3. The summed E-state index contributed by atoms with van der Waals surface area (Å²) in [5.74, 6) is 0.431. The van der Waals surface area contributed by atoms with Crippen molar-refractivity contribution in [3.8, 4) is 0 Å². The molecule has 0 aromatic heterocycles. The zero-order valence-corrected chi connectivity index (χ0v) is 11.4. The van der Waals surface area contributed by atoms with Gasteiger partial charge in [0.25, 0.3) is 0 Å². The molecule has 0 aliphatic rings. The molecule has 1 aromatic rings. The summed E-state index contributed by atoms with van der Waals surface area (Å²) in [6, 6.07) is 7.82. The van der Waals surface area contributed by atoms with Gasteiger partial charge in [-0.25, -0.2) is 0 Å². The van der Waals surface area contributed by atoms with Crippen molar-refractivity contribution in [1.82, 2.24) is 0 Å². The topological polar surface area (TPSA) is 35.5 Å². The first-order chi connectivity index (χ1) is 8.63. The van der Waals surface area contributed by atoms with Crippen molar-refractivity contribution in [2.75, 3.05) is 13.7 Å². The highest BCUT2D eigenvalue weighted by Gasteiger charge is 2.07. The van der Waals surface area contributed by atoms with E-state index >= 15 is 0 Å². The van der Waals surface area contributed by atoms with Gasteiger partial charge in [0.1, 0.15) is 0 Å². The van der Waals surface area contributed by atoms with Crippen LogP contribution in [0, 0.1) is 5.92 Å². The highest BCUT2D eigenvalue weighted by atomic mass is 16.5. The van der Waals surface area contributed by atoms with Crippen LogP contribution in [0.2, 0.25) is 0 Å². The molecule has 1 rings (SSSR count). The number of hydrogen-bond donors (Lipinski definition) is 0. The van der Waals surface area contributed by atoms with Crippen molar-refractivity contribution in [3.05, 3.63) is 35.4 Å². The second-order valence-corrected chi connectivity index (χ2v) is 4.76. The highest BCUT2D eigenvalue weighted by Crippen LogP contribution is 2.12. The van der Waals surface area contributed by atoms with Crippen LogP contribution in [-0.4, -0.2) is 19.7 Å². The molecule has 0 unspecified atom stereocenters. The molecule has 0 radical (unpaired) electrons. The molecular weight excluding hydrogens is 228 g/mol. The van der Waals surface area contributed by atoms with E-state index in [0.29, 0.717) is 18.9 Å². The molecule has 0 spiro atoms. The van der Waals surface area contributed by atoms with Crippen molar-refractivity contribution in [3.63, 3.8) is 0 Å². The lowest BCUT2D eigenvalue weighted by Crippen LogP contribution is -2.08. The lowest BCUT2D eigenvalue weighted by atomic mass is 10.1. The quantitative estimate of drug-likeness (QED) is 0.551. The Morgan fingerprint density at radius 1 is 1.22 bits per heavy atom. The van der Waals surface area contributed by atoms with Crippen LogP contribution in [0.5, 0.6) is 0 Å². The van der Waals surface area contributed by atoms with Gasteiger partial charge < -0.3 is 9.47 Å². The van der Waals surface area contributed by atoms with Crippen molar-refractivity contribution < 1.29 is 14.3 Å². The molecule has 100 valence electrons. The van der Waals surface area contributed by atoms with Crippen molar-refractivity contribution in [1.29, 1.82) is 0 Å². The third-order valence-electron chi connectivity index (χ3n) is 2.78. The maximum atomic E-state index is 11.3. The van der Waals surface area contributed by atoms with Gasteiger partial charge in [-0.1, -0.05) is 38.1 Å². The van der Waals surface area contributed by atoms with E-state index in [0.717, 1.165) is 24.2 Å². The Hall–Kier alpha value is -1.35. The summed E-state index contributed by atoms with van der Waals surface area (Å²) in [6.07, 6.45) is 1.36. The molecule has 0 N–H and O–H groups in total. The van der Waals surface area contributed by atoms with Gasteiger partial charge in [0.2, 0.25) is 0 Å². The molecule has 18 heavy (non-hydrogen) atoms. The van der Waals surface area contributed by atoms with Crippen LogP contribution in [-0.2, 0) is 27.3 Å². The zero-order chi connectivity index (χ0) is 13.4. The van der Waals surface area contributed by atoms with Crippen molar-refractivity contribution >= 4 is 5.97 Å². The van der Waals surface area contributed by atoms with Crippen LogP contribution in [0.25, 0.3) is 0 Å². The first-order valence-corrected chi connectivity index (χ1v) is 6.34. The molecule has 0 fully saturated rings. The van der Waals surface area contributed by atoms with Gasteiger partial charge >= 0.3 is 5.97 Å². The van der Waals surface area contributed by atoms with Crippen LogP contribution in [0.3, 0.4) is 0 Å². The molecule has 0 heterocycles. The Labute approximate surface area is 109 Å². The summed E-state index contributed by atoms with van der Waals surface area (Å²) in [7, 11) is 1.41. The Bertz CT molecular complexity index is 372. The van der Waals surface area contributed by atoms with Gasteiger partial charge in [-0.15, -0.1) is 0 Å². The van der Waals surface area contributed by atoms with Crippen molar-refractivity contribution in [2.45, 2.75) is 33.3 Å². The van der Waals surface area contributed by atoms with E-state index in [-0.39, 0.29) is 5.97 Å². The van der Waals surface area contributed by atoms with Gasteiger partial charge in [-0.05, 0) is 23.5 Å². The van der Waals surface area contributed by atoms with Crippen LogP contribution in [0.4, 0.5) is 0 Å². The van der Waals surface area contributed by atoms with E-state index < -0.39 is 0 Å². The highest BCUT2D eigenvalue weighted by molar-refractivity contribution is 5.72.